The summed E-state index contributed by atoms with van der Waals surface area (Å²) in [6.07, 6.45) is 0.684. The van der Waals surface area contributed by atoms with E-state index in [-0.39, 0.29) is 5.91 Å². The predicted molar refractivity (Wildman–Crippen MR) is 118 cm³/mol. The number of nitrogens with zero attached hydrogens (tertiary/aromatic N) is 4. The van der Waals surface area contributed by atoms with Gasteiger partial charge in [-0.05, 0) is 42.3 Å². The summed E-state index contributed by atoms with van der Waals surface area (Å²) in [5.74, 6) is 0.876. The second-order valence-electron chi connectivity index (χ2n) is 8.09. The number of rotatable bonds is 4. The first-order chi connectivity index (χ1) is 14.9. The number of para-hydroxylation sites is 2. The van der Waals surface area contributed by atoms with E-state index < -0.39 is 10.0 Å². The summed E-state index contributed by atoms with van der Waals surface area (Å²) in [5, 5.41) is 0. The molecule has 1 saturated heterocycles. The van der Waals surface area contributed by atoms with E-state index in [9.17, 15) is 13.2 Å². The van der Waals surface area contributed by atoms with Gasteiger partial charge in [0.25, 0.3) is 0 Å². The summed E-state index contributed by atoms with van der Waals surface area (Å²) in [4.78, 5) is 23.9. The normalized spacial score (nSPS) is 17.9. The number of hydrogen-bond donors (Lipinski definition) is 1. The molecule has 0 saturated carbocycles. The fraction of sp³-hybridized carbons (Fsp3) is 0.364. The Hall–Kier alpha value is -2.75. The molecule has 1 aromatic heterocycles. The minimum absolute atomic E-state index is 0.0186. The summed E-state index contributed by atoms with van der Waals surface area (Å²) >= 11 is 0. The molecule has 1 amide bonds. The first kappa shape index (κ1) is 20.2. The Morgan fingerprint density at radius 3 is 2.58 bits per heavy atom. The highest BCUT2D eigenvalue weighted by Crippen LogP contribution is 2.31. The van der Waals surface area contributed by atoms with Gasteiger partial charge in [0.2, 0.25) is 15.9 Å². The third-order valence-electron chi connectivity index (χ3n) is 6.11. The Kier molecular flexibility index (Phi) is 5.04. The largest absolute Gasteiger partial charge is 0.341 e. The number of sulfonamides is 1. The van der Waals surface area contributed by atoms with Gasteiger partial charge in [-0.3, -0.25) is 9.69 Å². The summed E-state index contributed by atoms with van der Waals surface area (Å²) in [5.41, 5.74) is 3.69. The lowest BCUT2D eigenvalue weighted by molar-refractivity contribution is -0.116. The standard InChI is InChI=1S/C22H25N5O3S/c1-16(28)27-9-8-17-14-18(6-7-21(17)27)31(29,30)26-12-10-25(11-13-26)15-22-23-19-4-2-3-5-20(19)24-22/h2-7,14H,8-13,15H2,1H3,(H,23,24). The number of hydrogen-bond acceptors (Lipinski definition) is 5. The van der Waals surface area contributed by atoms with E-state index in [2.05, 4.69) is 14.9 Å². The average molecular weight is 440 g/mol. The van der Waals surface area contributed by atoms with E-state index in [0.29, 0.717) is 50.6 Å². The zero-order valence-corrected chi connectivity index (χ0v) is 18.2. The van der Waals surface area contributed by atoms with Gasteiger partial charge in [0.05, 0.1) is 22.5 Å². The molecule has 3 aromatic rings. The van der Waals surface area contributed by atoms with E-state index in [1.807, 2.05) is 24.3 Å². The van der Waals surface area contributed by atoms with Gasteiger partial charge in [-0.25, -0.2) is 13.4 Å². The number of imidazole rings is 1. The highest BCUT2D eigenvalue weighted by atomic mass is 32.2. The predicted octanol–water partition coefficient (Wildman–Crippen LogP) is 1.98. The first-order valence-electron chi connectivity index (χ1n) is 10.5. The van der Waals surface area contributed by atoms with E-state index in [4.69, 9.17) is 0 Å². The molecule has 1 N–H and O–H groups in total. The maximum absolute atomic E-state index is 13.2. The van der Waals surface area contributed by atoms with Gasteiger partial charge in [0.15, 0.2) is 0 Å². The maximum atomic E-state index is 13.2. The van der Waals surface area contributed by atoms with Crippen molar-refractivity contribution in [1.82, 2.24) is 19.2 Å². The van der Waals surface area contributed by atoms with E-state index in [0.717, 1.165) is 28.1 Å². The lowest BCUT2D eigenvalue weighted by atomic mass is 10.2. The molecule has 0 atom stereocenters. The number of H-pyrrole nitrogens is 1. The fourth-order valence-corrected chi connectivity index (χ4v) is 5.91. The Bertz CT molecular complexity index is 1210. The minimum atomic E-state index is -3.56. The zero-order chi connectivity index (χ0) is 21.6. The highest BCUT2D eigenvalue weighted by Gasteiger charge is 2.31. The van der Waals surface area contributed by atoms with Crippen LogP contribution in [-0.4, -0.2) is 66.2 Å². The van der Waals surface area contributed by atoms with Crippen LogP contribution in [0.1, 0.15) is 18.3 Å². The van der Waals surface area contributed by atoms with E-state index in [1.165, 1.54) is 6.92 Å². The zero-order valence-electron chi connectivity index (χ0n) is 17.4. The van der Waals surface area contributed by atoms with Crippen molar-refractivity contribution in [3.05, 3.63) is 53.9 Å². The number of carbonyl (C=O) groups excluding carboxylic acids is 1. The highest BCUT2D eigenvalue weighted by molar-refractivity contribution is 7.89. The first-order valence-corrected chi connectivity index (χ1v) is 11.9. The van der Waals surface area contributed by atoms with Crippen LogP contribution in [0.25, 0.3) is 11.0 Å². The molecule has 0 spiro atoms. The van der Waals surface area contributed by atoms with Crippen molar-refractivity contribution in [2.24, 2.45) is 0 Å². The number of piperazine rings is 1. The molecule has 0 radical (unpaired) electrons. The molecule has 162 valence electrons. The van der Waals surface area contributed by atoms with Crippen molar-refractivity contribution in [1.29, 1.82) is 0 Å². The van der Waals surface area contributed by atoms with Gasteiger partial charge in [-0.2, -0.15) is 4.31 Å². The molecule has 5 rings (SSSR count). The molecule has 0 unspecified atom stereocenters. The van der Waals surface area contributed by atoms with Gasteiger partial charge < -0.3 is 9.88 Å². The van der Waals surface area contributed by atoms with Crippen LogP contribution in [0.15, 0.2) is 47.4 Å². The van der Waals surface area contributed by atoms with E-state index >= 15 is 0 Å². The molecule has 2 aromatic carbocycles. The van der Waals surface area contributed by atoms with Crippen molar-refractivity contribution in [3.8, 4) is 0 Å². The van der Waals surface area contributed by atoms with Gasteiger partial charge in [-0.1, -0.05) is 12.1 Å². The van der Waals surface area contributed by atoms with Crippen LogP contribution in [0.2, 0.25) is 0 Å². The van der Waals surface area contributed by atoms with E-state index in [1.54, 1.807) is 27.4 Å². The second kappa shape index (κ2) is 7.74. The Balaban J connectivity index is 1.26. The van der Waals surface area contributed by atoms with Crippen LogP contribution in [0.5, 0.6) is 0 Å². The fourth-order valence-electron chi connectivity index (χ4n) is 4.44. The van der Waals surface area contributed by atoms with Crippen molar-refractivity contribution < 1.29 is 13.2 Å². The van der Waals surface area contributed by atoms with Gasteiger partial charge in [0, 0.05) is 45.3 Å². The Morgan fingerprint density at radius 1 is 1.06 bits per heavy atom. The molecule has 3 heterocycles. The van der Waals surface area contributed by atoms with Crippen LogP contribution in [0.4, 0.5) is 5.69 Å². The van der Waals surface area contributed by atoms with Crippen molar-refractivity contribution in [2.45, 2.75) is 24.8 Å². The lowest BCUT2D eigenvalue weighted by Crippen LogP contribution is -2.48. The molecule has 9 heteroatoms. The molecule has 8 nitrogen and oxygen atoms in total. The number of carbonyl (C=O) groups is 1. The number of amides is 1. The minimum Gasteiger partial charge on any atom is -0.341 e. The summed E-state index contributed by atoms with van der Waals surface area (Å²) in [7, 11) is -3.56. The average Bonchev–Trinajstić information content (AvgIpc) is 3.37. The number of anilines is 1. The molecular formula is C22H25N5O3S. The topological polar surface area (TPSA) is 89.6 Å². The molecule has 2 aliphatic rings. The SMILES string of the molecule is CC(=O)N1CCc2cc(S(=O)(=O)N3CCN(Cc4nc5ccccc5[nH]4)CC3)ccc21. The molecule has 2 aliphatic heterocycles. The summed E-state index contributed by atoms with van der Waals surface area (Å²) in [6.45, 7) is 5.00. The Morgan fingerprint density at radius 2 is 1.84 bits per heavy atom. The third-order valence-corrected chi connectivity index (χ3v) is 8.00. The molecule has 0 bridgehead atoms. The van der Waals surface area contributed by atoms with Gasteiger partial charge in [0.1, 0.15) is 5.82 Å². The summed E-state index contributed by atoms with van der Waals surface area (Å²) < 4.78 is 27.9. The molecule has 31 heavy (non-hydrogen) atoms. The smallest absolute Gasteiger partial charge is 0.243 e. The van der Waals surface area contributed by atoms with Crippen LogP contribution in [0.3, 0.4) is 0 Å². The maximum Gasteiger partial charge on any atom is 0.243 e. The number of aromatic nitrogens is 2. The monoisotopic (exact) mass is 439 g/mol. The molecule has 0 aliphatic carbocycles. The number of nitrogens with one attached hydrogen (secondary N) is 1. The van der Waals surface area contributed by atoms with Crippen LogP contribution in [0, 0.1) is 0 Å². The quantitative estimate of drug-likeness (QED) is 0.671. The van der Waals surface area contributed by atoms with Gasteiger partial charge >= 0.3 is 0 Å². The van der Waals surface area contributed by atoms with Gasteiger partial charge in [-0.15, -0.1) is 0 Å². The summed E-state index contributed by atoms with van der Waals surface area (Å²) in [6, 6.07) is 13.0. The molecular weight excluding hydrogens is 414 g/mol. The lowest BCUT2D eigenvalue weighted by Gasteiger charge is -2.33. The molecule has 1 fully saturated rings. The number of benzene rings is 2. The van der Waals surface area contributed by atoms with Crippen LogP contribution >= 0.6 is 0 Å². The second-order valence-corrected chi connectivity index (χ2v) is 10.0. The van der Waals surface area contributed by atoms with Crippen LogP contribution in [-0.2, 0) is 27.8 Å². The number of aromatic amines is 1. The van der Waals surface area contributed by atoms with Crippen molar-refractivity contribution in [2.75, 3.05) is 37.6 Å². The Labute approximate surface area is 181 Å². The van der Waals surface area contributed by atoms with Crippen molar-refractivity contribution in [3.63, 3.8) is 0 Å². The number of fused-ring (bicyclic) bond motifs is 2. The van der Waals surface area contributed by atoms with Crippen molar-refractivity contribution >= 4 is 32.7 Å². The third kappa shape index (κ3) is 3.73. The van der Waals surface area contributed by atoms with Crippen LogP contribution < -0.4 is 4.90 Å².